The zero-order chi connectivity index (χ0) is 12.9. The Morgan fingerprint density at radius 1 is 1.59 bits per heavy atom. The van der Waals surface area contributed by atoms with Crippen LogP contribution < -0.4 is 5.32 Å². The number of aromatic nitrogens is 2. The molecule has 0 bridgehead atoms. The predicted molar refractivity (Wildman–Crippen MR) is 66.9 cm³/mol. The van der Waals surface area contributed by atoms with E-state index in [1.54, 1.807) is 13.3 Å². The lowest BCUT2D eigenvalue weighted by Crippen LogP contribution is -2.26. The van der Waals surface area contributed by atoms with Crippen molar-refractivity contribution in [2.45, 2.75) is 19.5 Å². The van der Waals surface area contributed by atoms with Crippen LogP contribution in [-0.4, -0.2) is 49.7 Å². The molecule has 1 rings (SSSR count). The summed E-state index contributed by atoms with van der Waals surface area (Å²) >= 11 is 0. The maximum Gasteiger partial charge on any atom is 0.203 e. The van der Waals surface area contributed by atoms with Gasteiger partial charge in [0.05, 0.1) is 12.4 Å². The Labute approximate surface area is 102 Å². The van der Waals surface area contributed by atoms with E-state index in [9.17, 15) is 8.42 Å². The number of hydrogen-bond acceptors (Lipinski definition) is 5. The highest BCUT2D eigenvalue weighted by molar-refractivity contribution is 7.90. The van der Waals surface area contributed by atoms with Gasteiger partial charge in [0.1, 0.15) is 9.84 Å². The fourth-order valence-corrected chi connectivity index (χ4v) is 2.53. The van der Waals surface area contributed by atoms with Crippen LogP contribution in [0.15, 0.2) is 12.4 Å². The minimum Gasteiger partial charge on any atom is -0.383 e. The number of methoxy groups -OCH3 is 1. The van der Waals surface area contributed by atoms with Crippen molar-refractivity contribution in [2.24, 2.45) is 0 Å². The topological polar surface area (TPSA) is 73.2 Å². The van der Waals surface area contributed by atoms with E-state index in [0.717, 1.165) is 0 Å². The smallest absolute Gasteiger partial charge is 0.203 e. The van der Waals surface area contributed by atoms with Crippen LogP contribution in [-0.2, 0) is 21.1 Å². The van der Waals surface area contributed by atoms with Gasteiger partial charge < -0.3 is 14.6 Å². The summed E-state index contributed by atoms with van der Waals surface area (Å²) in [5.74, 6) is 0.752. The quantitative estimate of drug-likeness (QED) is 0.768. The molecular weight excluding hydrogens is 242 g/mol. The lowest BCUT2D eigenvalue weighted by Gasteiger charge is -2.14. The summed E-state index contributed by atoms with van der Waals surface area (Å²) in [6.45, 7) is 3.09. The summed E-state index contributed by atoms with van der Waals surface area (Å²) in [6.07, 6.45) is 4.72. The highest BCUT2D eigenvalue weighted by Gasteiger charge is 2.12. The van der Waals surface area contributed by atoms with Crippen LogP contribution in [0.5, 0.6) is 0 Å². The maximum atomic E-state index is 11.1. The van der Waals surface area contributed by atoms with E-state index in [0.29, 0.717) is 19.1 Å². The van der Waals surface area contributed by atoms with Crippen LogP contribution >= 0.6 is 0 Å². The van der Waals surface area contributed by atoms with Gasteiger partial charge in [-0.25, -0.2) is 13.4 Å². The second-order valence-electron chi connectivity index (χ2n) is 4.07. The summed E-state index contributed by atoms with van der Waals surface area (Å²) in [6, 6.07) is -0.173. The largest absolute Gasteiger partial charge is 0.383 e. The Morgan fingerprint density at radius 2 is 2.29 bits per heavy atom. The zero-order valence-corrected chi connectivity index (χ0v) is 11.2. The molecule has 7 heteroatoms. The molecule has 0 amide bonds. The fourth-order valence-electron chi connectivity index (χ4n) is 1.54. The molecule has 1 aromatic heterocycles. The molecule has 17 heavy (non-hydrogen) atoms. The first-order valence-corrected chi connectivity index (χ1v) is 7.43. The average Bonchev–Trinajstić information content (AvgIpc) is 2.59. The molecule has 1 N–H and O–H groups in total. The van der Waals surface area contributed by atoms with Crippen molar-refractivity contribution in [3.8, 4) is 0 Å². The van der Waals surface area contributed by atoms with E-state index in [1.165, 1.54) is 6.26 Å². The van der Waals surface area contributed by atoms with Crippen molar-refractivity contribution in [1.82, 2.24) is 9.55 Å². The highest BCUT2D eigenvalue weighted by atomic mass is 32.2. The van der Waals surface area contributed by atoms with Gasteiger partial charge in [0.15, 0.2) is 0 Å². The highest BCUT2D eigenvalue weighted by Crippen LogP contribution is 2.07. The number of sulfone groups is 1. The van der Waals surface area contributed by atoms with Gasteiger partial charge in [-0.3, -0.25) is 0 Å². The van der Waals surface area contributed by atoms with Crippen molar-refractivity contribution in [3.05, 3.63) is 12.4 Å². The lowest BCUT2D eigenvalue weighted by molar-refractivity contribution is 0.187. The third kappa shape index (κ3) is 5.18. The van der Waals surface area contributed by atoms with Crippen LogP contribution in [0.2, 0.25) is 0 Å². The number of hydrogen-bond donors (Lipinski definition) is 1. The summed E-state index contributed by atoms with van der Waals surface area (Å²) in [5, 5.41) is 3.07. The monoisotopic (exact) mass is 261 g/mol. The third-order valence-corrected chi connectivity index (χ3v) is 3.29. The minimum atomic E-state index is -2.98. The van der Waals surface area contributed by atoms with E-state index in [1.807, 2.05) is 17.7 Å². The van der Waals surface area contributed by atoms with Crippen molar-refractivity contribution in [2.75, 3.05) is 31.0 Å². The maximum absolute atomic E-state index is 11.1. The first kappa shape index (κ1) is 14.0. The van der Waals surface area contributed by atoms with Crippen LogP contribution in [0.3, 0.4) is 0 Å². The predicted octanol–water partition coefficient (Wildman–Crippen LogP) is 0.375. The van der Waals surface area contributed by atoms with Crippen LogP contribution in [0.25, 0.3) is 0 Å². The van der Waals surface area contributed by atoms with E-state index in [-0.39, 0.29) is 11.8 Å². The Bertz CT molecular complexity index is 441. The Hall–Kier alpha value is -1.08. The molecule has 0 aromatic carbocycles. The van der Waals surface area contributed by atoms with Crippen molar-refractivity contribution < 1.29 is 13.2 Å². The second kappa shape index (κ2) is 6.02. The normalized spacial score (nSPS) is 13.6. The fraction of sp³-hybridized carbons (Fsp3) is 0.700. The first-order chi connectivity index (χ1) is 7.92. The molecule has 0 radical (unpaired) electrons. The average molecular weight is 261 g/mol. The molecule has 0 saturated carbocycles. The molecule has 98 valence electrons. The van der Waals surface area contributed by atoms with Crippen molar-refractivity contribution in [1.29, 1.82) is 0 Å². The molecule has 0 aliphatic carbocycles. The van der Waals surface area contributed by atoms with Gasteiger partial charge in [0, 0.05) is 38.3 Å². The molecule has 6 nitrogen and oxygen atoms in total. The van der Waals surface area contributed by atoms with Crippen LogP contribution in [0.4, 0.5) is 5.95 Å². The Balaban J connectivity index is 2.59. The van der Waals surface area contributed by atoms with Gasteiger partial charge in [-0.05, 0) is 6.92 Å². The summed E-state index contributed by atoms with van der Waals surface area (Å²) in [5.41, 5.74) is 0. The van der Waals surface area contributed by atoms with E-state index in [4.69, 9.17) is 4.74 Å². The van der Waals surface area contributed by atoms with Crippen molar-refractivity contribution >= 4 is 15.8 Å². The molecule has 0 fully saturated rings. The first-order valence-electron chi connectivity index (χ1n) is 5.36. The number of ether oxygens (including phenoxy) is 1. The molecule has 1 unspecified atom stereocenters. The van der Waals surface area contributed by atoms with Crippen LogP contribution in [0, 0.1) is 0 Å². The molecule has 1 heterocycles. The van der Waals surface area contributed by atoms with E-state index < -0.39 is 9.84 Å². The number of rotatable bonds is 7. The van der Waals surface area contributed by atoms with Crippen molar-refractivity contribution in [3.63, 3.8) is 0 Å². The molecule has 0 saturated heterocycles. The standard InChI is InChI=1S/C10H19N3O3S/c1-9(8-17(3,14)15)12-10-11-4-5-13(10)6-7-16-2/h4-5,9H,6-8H2,1-3H3,(H,11,12). The molecule has 0 aliphatic heterocycles. The summed E-state index contributed by atoms with van der Waals surface area (Å²) < 4.78 is 29.2. The molecular formula is C10H19N3O3S. The second-order valence-corrected chi connectivity index (χ2v) is 6.26. The molecule has 0 spiro atoms. The molecule has 1 atom stereocenters. The molecule has 1 aromatic rings. The number of anilines is 1. The summed E-state index contributed by atoms with van der Waals surface area (Å²) in [7, 11) is -1.35. The number of nitrogens with zero attached hydrogens (tertiary/aromatic N) is 2. The third-order valence-electron chi connectivity index (χ3n) is 2.18. The molecule has 0 aliphatic rings. The van der Waals surface area contributed by atoms with Gasteiger partial charge in [0.25, 0.3) is 0 Å². The minimum absolute atomic E-state index is 0.0874. The van der Waals surface area contributed by atoms with Gasteiger partial charge in [-0.15, -0.1) is 0 Å². The lowest BCUT2D eigenvalue weighted by atomic mass is 10.4. The van der Waals surface area contributed by atoms with E-state index in [2.05, 4.69) is 10.3 Å². The van der Waals surface area contributed by atoms with Gasteiger partial charge in [-0.2, -0.15) is 0 Å². The zero-order valence-electron chi connectivity index (χ0n) is 10.4. The number of nitrogens with one attached hydrogen (secondary N) is 1. The number of imidazole rings is 1. The van der Waals surface area contributed by atoms with Gasteiger partial charge >= 0.3 is 0 Å². The van der Waals surface area contributed by atoms with Gasteiger partial charge in [-0.1, -0.05) is 0 Å². The summed E-state index contributed by atoms with van der Waals surface area (Å²) in [4.78, 5) is 4.14. The van der Waals surface area contributed by atoms with E-state index >= 15 is 0 Å². The Morgan fingerprint density at radius 3 is 2.88 bits per heavy atom. The van der Waals surface area contributed by atoms with Gasteiger partial charge in [0.2, 0.25) is 5.95 Å². The SMILES string of the molecule is COCCn1ccnc1NC(C)CS(C)(=O)=O. The van der Waals surface area contributed by atoms with Crippen LogP contribution in [0.1, 0.15) is 6.92 Å². The Kier molecular flexibility index (Phi) is 4.95.